The van der Waals surface area contributed by atoms with E-state index >= 15 is 0 Å². The number of fused-ring (bicyclic) bond motifs is 1. The van der Waals surface area contributed by atoms with Gasteiger partial charge in [0.15, 0.2) is 0 Å². The first-order valence-corrected chi connectivity index (χ1v) is 7.55. The molecule has 0 saturated heterocycles. The molecule has 1 heterocycles. The smallest absolute Gasteiger partial charge is 0.132 e. The monoisotopic (exact) mass is 278 g/mol. The van der Waals surface area contributed by atoms with Crippen LogP contribution in [-0.2, 0) is 17.6 Å². The number of nitrogens with one attached hydrogen (secondary N) is 1. The van der Waals surface area contributed by atoms with Crippen LogP contribution in [0.4, 0.5) is 5.82 Å². The molecule has 2 rings (SSSR count). The molecule has 20 heavy (non-hydrogen) atoms. The molecule has 0 bridgehead atoms. The highest BCUT2D eigenvalue weighted by Crippen LogP contribution is 2.23. The van der Waals surface area contributed by atoms with Crippen molar-refractivity contribution in [3.8, 4) is 0 Å². The lowest BCUT2D eigenvalue weighted by Crippen LogP contribution is -2.28. The van der Waals surface area contributed by atoms with E-state index in [0.29, 0.717) is 0 Å². The number of aryl methyl sites for hydroxylation is 1. The van der Waals surface area contributed by atoms with Crippen molar-refractivity contribution in [2.75, 3.05) is 45.7 Å². The fraction of sp³-hybridized carbons (Fsp3) is 0.733. The van der Waals surface area contributed by atoms with Crippen molar-refractivity contribution in [1.29, 1.82) is 0 Å². The normalized spacial score (nSPS) is 14.9. The molecule has 0 atom stereocenters. The summed E-state index contributed by atoms with van der Waals surface area (Å²) in [7, 11) is 3.85. The fourth-order valence-electron chi connectivity index (χ4n) is 2.57. The van der Waals surface area contributed by atoms with Gasteiger partial charge in [-0.2, -0.15) is 0 Å². The van der Waals surface area contributed by atoms with E-state index in [0.717, 1.165) is 44.9 Å². The third-order valence-electron chi connectivity index (χ3n) is 3.84. The minimum absolute atomic E-state index is 0.777. The molecule has 0 aromatic carbocycles. The van der Waals surface area contributed by atoms with Gasteiger partial charge in [-0.05, 0) is 32.7 Å². The third kappa shape index (κ3) is 4.42. The molecule has 0 spiro atoms. The number of anilines is 1. The van der Waals surface area contributed by atoms with E-state index in [4.69, 9.17) is 4.74 Å². The SMILES string of the molecule is COCCN(C)CCNc1ncnc2c1CCCCC2. The van der Waals surface area contributed by atoms with Gasteiger partial charge in [0.25, 0.3) is 0 Å². The lowest BCUT2D eigenvalue weighted by molar-refractivity contribution is 0.163. The Morgan fingerprint density at radius 3 is 2.90 bits per heavy atom. The fourth-order valence-corrected chi connectivity index (χ4v) is 2.57. The predicted octanol–water partition coefficient (Wildman–Crippen LogP) is 1.74. The summed E-state index contributed by atoms with van der Waals surface area (Å²) in [5, 5.41) is 3.47. The van der Waals surface area contributed by atoms with Crippen LogP contribution in [0.2, 0.25) is 0 Å². The predicted molar refractivity (Wildman–Crippen MR) is 81.2 cm³/mol. The first-order valence-electron chi connectivity index (χ1n) is 7.55. The summed E-state index contributed by atoms with van der Waals surface area (Å²) in [6, 6.07) is 0. The summed E-state index contributed by atoms with van der Waals surface area (Å²) < 4.78 is 5.08. The van der Waals surface area contributed by atoms with Gasteiger partial charge in [0.05, 0.1) is 6.61 Å². The summed E-state index contributed by atoms with van der Waals surface area (Å²) >= 11 is 0. The van der Waals surface area contributed by atoms with Gasteiger partial charge < -0.3 is 15.0 Å². The summed E-state index contributed by atoms with van der Waals surface area (Å²) in [6.07, 6.45) is 7.71. The maximum absolute atomic E-state index is 5.08. The van der Waals surface area contributed by atoms with Crippen molar-refractivity contribution in [2.24, 2.45) is 0 Å². The largest absolute Gasteiger partial charge is 0.383 e. The number of rotatable bonds is 7. The number of ether oxygens (including phenoxy) is 1. The van der Waals surface area contributed by atoms with Gasteiger partial charge in [-0.25, -0.2) is 9.97 Å². The number of aromatic nitrogens is 2. The lowest BCUT2D eigenvalue weighted by atomic mass is 10.1. The number of methoxy groups -OCH3 is 1. The Bertz CT molecular complexity index is 411. The zero-order valence-electron chi connectivity index (χ0n) is 12.7. The van der Waals surface area contributed by atoms with Crippen LogP contribution in [-0.4, -0.2) is 55.3 Å². The van der Waals surface area contributed by atoms with Crippen LogP contribution in [0, 0.1) is 0 Å². The zero-order chi connectivity index (χ0) is 14.2. The average molecular weight is 278 g/mol. The zero-order valence-corrected chi connectivity index (χ0v) is 12.7. The number of hydrogen-bond donors (Lipinski definition) is 1. The van der Waals surface area contributed by atoms with Gasteiger partial charge in [0.2, 0.25) is 0 Å². The highest BCUT2D eigenvalue weighted by Gasteiger charge is 2.13. The van der Waals surface area contributed by atoms with Crippen LogP contribution in [0.5, 0.6) is 0 Å². The second-order valence-electron chi connectivity index (χ2n) is 5.43. The van der Waals surface area contributed by atoms with E-state index in [2.05, 4.69) is 27.2 Å². The summed E-state index contributed by atoms with van der Waals surface area (Å²) in [4.78, 5) is 11.1. The van der Waals surface area contributed by atoms with Crippen LogP contribution >= 0.6 is 0 Å². The van der Waals surface area contributed by atoms with Crippen LogP contribution < -0.4 is 5.32 Å². The van der Waals surface area contributed by atoms with Crippen LogP contribution in [0.1, 0.15) is 30.5 Å². The van der Waals surface area contributed by atoms with Gasteiger partial charge in [-0.3, -0.25) is 0 Å². The van der Waals surface area contributed by atoms with E-state index in [1.54, 1.807) is 13.4 Å². The van der Waals surface area contributed by atoms with Crippen molar-refractivity contribution in [1.82, 2.24) is 14.9 Å². The van der Waals surface area contributed by atoms with E-state index in [1.807, 2.05) is 0 Å². The second kappa shape index (κ2) is 8.17. The van der Waals surface area contributed by atoms with E-state index < -0.39 is 0 Å². The molecule has 1 aromatic rings. The molecular weight excluding hydrogens is 252 g/mol. The first-order chi connectivity index (χ1) is 9.81. The molecule has 1 aliphatic rings. The second-order valence-corrected chi connectivity index (χ2v) is 5.43. The molecule has 1 aromatic heterocycles. The molecule has 0 fully saturated rings. The lowest BCUT2D eigenvalue weighted by Gasteiger charge is -2.17. The highest BCUT2D eigenvalue weighted by molar-refractivity contribution is 5.46. The standard InChI is InChI=1S/C15H26N4O/c1-19(10-11-20-2)9-8-16-15-13-6-4-3-5-7-14(13)17-12-18-15/h12H,3-11H2,1-2H3,(H,16,17,18). The Morgan fingerprint density at radius 1 is 1.20 bits per heavy atom. The molecule has 1 N–H and O–H groups in total. The van der Waals surface area contributed by atoms with Crippen LogP contribution in [0.3, 0.4) is 0 Å². The van der Waals surface area contributed by atoms with Crippen molar-refractivity contribution < 1.29 is 4.74 Å². The van der Waals surface area contributed by atoms with Gasteiger partial charge >= 0.3 is 0 Å². The number of likely N-dealkylation sites (N-methyl/N-ethyl adjacent to an activating group) is 1. The molecular formula is C15H26N4O. The molecule has 5 heteroatoms. The Morgan fingerprint density at radius 2 is 2.05 bits per heavy atom. The molecule has 0 amide bonds. The minimum atomic E-state index is 0.777. The number of hydrogen-bond acceptors (Lipinski definition) is 5. The molecule has 0 unspecified atom stereocenters. The van der Waals surface area contributed by atoms with Crippen LogP contribution in [0.25, 0.3) is 0 Å². The van der Waals surface area contributed by atoms with E-state index in [1.165, 1.54) is 30.5 Å². The van der Waals surface area contributed by atoms with E-state index in [9.17, 15) is 0 Å². The summed E-state index contributed by atoms with van der Waals surface area (Å²) in [5.74, 6) is 1.04. The molecule has 0 aliphatic heterocycles. The van der Waals surface area contributed by atoms with Gasteiger partial charge in [0, 0.05) is 38.0 Å². The van der Waals surface area contributed by atoms with Gasteiger partial charge in [-0.15, -0.1) is 0 Å². The maximum atomic E-state index is 5.08. The molecule has 0 radical (unpaired) electrons. The number of nitrogens with zero attached hydrogens (tertiary/aromatic N) is 3. The van der Waals surface area contributed by atoms with Crippen molar-refractivity contribution in [2.45, 2.75) is 32.1 Å². The Hall–Kier alpha value is -1.20. The van der Waals surface area contributed by atoms with Gasteiger partial charge in [-0.1, -0.05) is 6.42 Å². The summed E-state index contributed by atoms with van der Waals surface area (Å²) in [6.45, 7) is 3.63. The topological polar surface area (TPSA) is 50.3 Å². The average Bonchev–Trinajstić information content (AvgIpc) is 2.71. The minimum Gasteiger partial charge on any atom is -0.383 e. The summed E-state index contributed by atoms with van der Waals surface area (Å²) in [5.41, 5.74) is 2.58. The quantitative estimate of drug-likeness (QED) is 0.770. The van der Waals surface area contributed by atoms with E-state index in [-0.39, 0.29) is 0 Å². The van der Waals surface area contributed by atoms with Crippen molar-refractivity contribution >= 4 is 5.82 Å². The Labute approximate surface area is 121 Å². The van der Waals surface area contributed by atoms with Crippen molar-refractivity contribution in [3.63, 3.8) is 0 Å². The molecule has 5 nitrogen and oxygen atoms in total. The Balaban J connectivity index is 1.86. The highest BCUT2D eigenvalue weighted by atomic mass is 16.5. The third-order valence-corrected chi connectivity index (χ3v) is 3.84. The molecule has 0 saturated carbocycles. The molecule has 1 aliphatic carbocycles. The Kier molecular flexibility index (Phi) is 6.21. The first kappa shape index (κ1) is 15.2. The maximum Gasteiger partial charge on any atom is 0.132 e. The van der Waals surface area contributed by atoms with Crippen molar-refractivity contribution in [3.05, 3.63) is 17.6 Å². The van der Waals surface area contributed by atoms with Gasteiger partial charge in [0.1, 0.15) is 12.1 Å². The van der Waals surface area contributed by atoms with Crippen LogP contribution in [0.15, 0.2) is 6.33 Å². The molecule has 112 valence electrons.